The van der Waals surface area contributed by atoms with Crippen LogP contribution in [0.3, 0.4) is 0 Å². The maximum Gasteiger partial charge on any atom is 0.0632 e. The summed E-state index contributed by atoms with van der Waals surface area (Å²) in [4.78, 5) is 1.18. The number of rotatable bonds is 3. The molecule has 1 aromatic carbocycles. The molecule has 0 saturated heterocycles. The minimum atomic E-state index is 0.969. The van der Waals surface area contributed by atoms with E-state index in [4.69, 9.17) is 5.84 Å². The molecular weight excluding hydrogens is 236 g/mol. The SMILES string of the molecule is CCSc1ccc(Br)cc1NN. The highest BCUT2D eigenvalue weighted by Gasteiger charge is 2.00. The number of nitrogens with two attached hydrogens (primary N) is 1. The van der Waals surface area contributed by atoms with Gasteiger partial charge in [-0.1, -0.05) is 22.9 Å². The molecule has 0 unspecified atom stereocenters. The first-order valence-electron chi connectivity index (χ1n) is 3.67. The fraction of sp³-hybridized carbons (Fsp3) is 0.250. The number of nitrogens with one attached hydrogen (secondary N) is 1. The standard InChI is InChI=1S/C8H11BrN2S/c1-2-12-8-4-3-6(9)5-7(8)11-10/h3-5,11H,2,10H2,1H3. The first-order chi connectivity index (χ1) is 5.77. The van der Waals surface area contributed by atoms with E-state index >= 15 is 0 Å². The van der Waals surface area contributed by atoms with Gasteiger partial charge in [-0.3, -0.25) is 5.84 Å². The zero-order valence-corrected chi connectivity index (χ0v) is 9.21. The van der Waals surface area contributed by atoms with Crippen molar-refractivity contribution in [3.63, 3.8) is 0 Å². The fourth-order valence-corrected chi connectivity index (χ4v) is 2.01. The number of thioether (sulfide) groups is 1. The highest BCUT2D eigenvalue weighted by molar-refractivity contribution is 9.10. The van der Waals surface area contributed by atoms with Crippen LogP contribution in [0.5, 0.6) is 0 Å². The first-order valence-corrected chi connectivity index (χ1v) is 5.44. The normalized spacial score (nSPS) is 9.92. The fourth-order valence-electron chi connectivity index (χ4n) is 0.896. The average Bonchev–Trinajstić information content (AvgIpc) is 2.08. The number of halogens is 1. The Labute approximate surface area is 85.0 Å². The van der Waals surface area contributed by atoms with Crippen molar-refractivity contribution in [2.75, 3.05) is 11.2 Å². The van der Waals surface area contributed by atoms with Crippen molar-refractivity contribution >= 4 is 33.4 Å². The van der Waals surface area contributed by atoms with E-state index in [-0.39, 0.29) is 0 Å². The van der Waals surface area contributed by atoms with E-state index in [1.165, 1.54) is 4.90 Å². The summed E-state index contributed by atoms with van der Waals surface area (Å²) in [6, 6.07) is 6.03. The van der Waals surface area contributed by atoms with Crippen LogP contribution in [0.25, 0.3) is 0 Å². The van der Waals surface area contributed by atoms with Gasteiger partial charge in [0.2, 0.25) is 0 Å². The predicted octanol–water partition coefficient (Wildman–Crippen LogP) is 2.85. The van der Waals surface area contributed by atoms with Crippen molar-refractivity contribution in [1.82, 2.24) is 0 Å². The lowest BCUT2D eigenvalue weighted by Gasteiger charge is -2.07. The Morgan fingerprint density at radius 2 is 2.33 bits per heavy atom. The topological polar surface area (TPSA) is 38.0 Å². The lowest BCUT2D eigenvalue weighted by molar-refractivity contribution is 1.28. The molecule has 0 aliphatic rings. The van der Waals surface area contributed by atoms with Gasteiger partial charge >= 0.3 is 0 Å². The summed E-state index contributed by atoms with van der Waals surface area (Å²) in [5, 5.41) is 0. The van der Waals surface area contributed by atoms with E-state index in [9.17, 15) is 0 Å². The molecule has 0 heterocycles. The van der Waals surface area contributed by atoms with E-state index < -0.39 is 0 Å². The summed E-state index contributed by atoms with van der Waals surface area (Å²) in [6.07, 6.45) is 0. The predicted molar refractivity (Wildman–Crippen MR) is 58.4 cm³/mol. The van der Waals surface area contributed by atoms with Crippen LogP contribution >= 0.6 is 27.7 Å². The monoisotopic (exact) mass is 246 g/mol. The van der Waals surface area contributed by atoms with Gasteiger partial charge in [0.15, 0.2) is 0 Å². The minimum absolute atomic E-state index is 0.969. The summed E-state index contributed by atoms with van der Waals surface area (Å²) in [5.41, 5.74) is 3.64. The maximum absolute atomic E-state index is 5.37. The molecule has 0 aromatic heterocycles. The Bertz CT molecular complexity index is 265. The molecule has 66 valence electrons. The van der Waals surface area contributed by atoms with Gasteiger partial charge in [-0.05, 0) is 24.0 Å². The van der Waals surface area contributed by atoms with Crippen LogP contribution in [0.1, 0.15) is 6.92 Å². The molecule has 0 amide bonds. The number of anilines is 1. The quantitative estimate of drug-likeness (QED) is 0.490. The molecule has 1 aromatic rings. The number of hydrogen-bond acceptors (Lipinski definition) is 3. The summed E-state index contributed by atoms with van der Waals surface area (Å²) >= 11 is 5.16. The second-order valence-electron chi connectivity index (χ2n) is 2.22. The van der Waals surface area contributed by atoms with E-state index in [1.54, 1.807) is 11.8 Å². The van der Waals surface area contributed by atoms with Gasteiger partial charge in [0.1, 0.15) is 0 Å². The summed E-state index contributed by atoms with van der Waals surface area (Å²) in [5.74, 6) is 6.42. The maximum atomic E-state index is 5.37. The zero-order chi connectivity index (χ0) is 8.97. The average molecular weight is 247 g/mol. The van der Waals surface area contributed by atoms with Gasteiger partial charge < -0.3 is 5.43 Å². The van der Waals surface area contributed by atoms with Crippen LogP contribution in [-0.2, 0) is 0 Å². The third-order valence-electron chi connectivity index (χ3n) is 1.40. The van der Waals surface area contributed by atoms with Gasteiger partial charge in [-0.25, -0.2) is 0 Å². The van der Waals surface area contributed by atoms with E-state index in [0.717, 1.165) is 15.9 Å². The molecule has 1 rings (SSSR count). The molecule has 0 aliphatic carbocycles. The Hall–Kier alpha value is -0.190. The first kappa shape index (κ1) is 9.89. The molecule has 0 radical (unpaired) electrons. The molecule has 4 heteroatoms. The second-order valence-corrected chi connectivity index (χ2v) is 4.44. The van der Waals surface area contributed by atoms with Crippen molar-refractivity contribution in [1.29, 1.82) is 0 Å². The van der Waals surface area contributed by atoms with Gasteiger partial charge in [0, 0.05) is 9.37 Å². The summed E-state index contributed by atoms with van der Waals surface area (Å²) in [6.45, 7) is 2.12. The van der Waals surface area contributed by atoms with Crippen LogP contribution in [0, 0.1) is 0 Å². The molecule has 3 N–H and O–H groups in total. The molecule has 2 nitrogen and oxygen atoms in total. The van der Waals surface area contributed by atoms with Crippen molar-refractivity contribution in [2.24, 2.45) is 5.84 Å². The lowest BCUT2D eigenvalue weighted by atomic mass is 10.3. The van der Waals surface area contributed by atoms with Crippen molar-refractivity contribution in [3.8, 4) is 0 Å². The number of hydrogen-bond donors (Lipinski definition) is 2. The zero-order valence-electron chi connectivity index (χ0n) is 6.80. The highest BCUT2D eigenvalue weighted by atomic mass is 79.9. The van der Waals surface area contributed by atoms with Crippen molar-refractivity contribution in [2.45, 2.75) is 11.8 Å². The highest BCUT2D eigenvalue weighted by Crippen LogP contribution is 2.28. The van der Waals surface area contributed by atoms with Crippen LogP contribution in [0.4, 0.5) is 5.69 Å². The third kappa shape index (κ3) is 2.40. The molecular formula is C8H11BrN2S. The molecule has 0 bridgehead atoms. The molecule has 0 spiro atoms. The third-order valence-corrected chi connectivity index (χ3v) is 2.85. The second kappa shape index (κ2) is 4.74. The van der Waals surface area contributed by atoms with Gasteiger partial charge in [0.05, 0.1) is 5.69 Å². The Balaban J connectivity index is 2.94. The van der Waals surface area contributed by atoms with Crippen LogP contribution in [0.2, 0.25) is 0 Å². The largest absolute Gasteiger partial charge is 0.323 e. The van der Waals surface area contributed by atoms with Crippen LogP contribution < -0.4 is 11.3 Å². The lowest BCUT2D eigenvalue weighted by Crippen LogP contribution is -2.07. The number of benzene rings is 1. The number of nitrogen functional groups attached to an aromatic ring is 1. The van der Waals surface area contributed by atoms with Gasteiger partial charge in [-0.2, -0.15) is 0 Å². The summed E-state index contributed by atoms with van der Waals surface area (Å²) < 4.78 is 1.04. The Kier molecular flexibility index (Phi) is 3.91. The summed E-state index contributed by atoms with van der Waals surface area (Å²) in [7, 11) is 0. The van der Waals surface area contributed by atoms with Gasteiger partial charge in [0.25, 0.3) is 0 Å². The van der Waals surface area contributed by atoms with E-state index in [2.05, 4.69) is 28.3 Å². The van der Waals surface area contributed by atoms with Crippen molar-refractivity contribution < 1.29 is 0 Å². The molecule has 0 fully saturated rings. The smallest absolute Gasteiger partial charge is 0.0632 e. The molecule has 12 heavy (non-hydrogen) atoms. The van der Waals surface area contributed by atoms with Crippen LogP contribution in [0.15, 0.2) is 27.6 Å². The van der Waals surface area contributed by atoms with Crippen molar-refractivity contribution in [3.05, 3.63) is 22.7 Å². The Morgan fingerprint density at radius 1 is 1.58 bits per heavy atom. The molecule has 0 saturated carbocycles. The Morgan fingerprint density at radius 3 is 2.92 bits per heavy atom. The van der Waals surface area contributed by atoms with E-state index in [1.807, 2.05) is 18.2 Å². The van der Waals surface area contributed by atoms with E-state index in [0.29, 0.717) is 0 Å². The number of hydrazine groups is 1. The molecule has 0 aliphatic heterocycles. The molecule has 0 atom stereocenters. The minimum Gasteiger partial charge on any atom is -0.323 e. The van der Waals surface area contributed by atoms with Gasteiger partial charge in [-0.15, -0.1) is 11.8 Å². The van der Waals surface area contributed by atoms with Crippen LogP contribution in [-0.4, -0.2) is 5.75 Å².